The molecule has 0 aliphatic heterocycles. The van der Waals surface area contributed by atoms with Crippen molar-refractivity contribution in [3.8, 4) is 5.75 Å². The lowest BCUT2D eigenvalue weighted by Gasteiger charge is -2.11. The minimum atomic E-state index is -3.77. The first kappa shape index (κ1) is 19.9. The third-order valence-corrected chi connectivity index (χ3v) is 5.26. The maximum Gasteiger partial charge on any atom is 0.321 e. The summed E-state index contributed by atoms with van der Waals surface area (Å²) >= 11 is 0. The van der Waals surface area contributed by atoms with E-state index in [1.165, 1.54) is 6.07 Å². The smallest absolute Gasteiger partial charge is 0.321 e. The predicted octanol–water partition coefficient (Wildman–Crippen LogP) is 2.72. The van der Waals surface area contributed by atoms with E-state index in [0.29, 0.717) is 12.4 Å². The van der Waals surface area contributed by atoms with Crippen LogP contribution in [0.15, 0.2) is 47.4 Å². The van der Waals surface area contributed by atoms with Crippen molar-refractivity contribution in [3.05, 3.63) is 59.2 Å². The van der Waals surface area contributed by atoms with Crippen molar-refractivity contribution >= 4 is 16.0 Å². The molecule has 2 rings (SSSR count). The number of hydrogen-bond donors (Lipinski definition) is 1. The SMILES string of the molecule is CCOc1ccccc1COC(=O)CNS(=O)(=O)c1ccc(C)c(C)c1. The first-order valence-electron chi connectivity index (χ1n) is 8.26. The van der Waals surface area contributed by atoms with Gasteiger partial charge in [0.2, 0.25) is 10.0 Å². The molecule has 0 atom stereocenters. The van der Waals surface area contributed by atoms with E-state index >= 15 is 0 Å². The fraction of sp³-hybridized carbons (Fsp3) is 0.316. The molecule has 2 aromatic rings. The summed E-state index contributed by atoms with van der Waals surface area (Å²) in [5.41, 5.74) is 2.58. The number of ether oxygens (including phenoxy) is 2. The predicted molar refractivity (Wildman–Crippen MR) is 98.5 cm³/mol. The maximum atomic E-state index is 12.3. The summed E-state index contributed by atoms with van der Waals surface area (Å²) in [6.45, 7) is 5.67. The van der Waals surface area contributed by atoms with Crippen LogP contribution >= 0.6 is 0 Å². The van der Waals surface area contributed by atoms with Gasteiger partial charge >= 0.3 is 5.97 Å². The van der Waals surface area contributed by atoms with Crippen LogP contribution in [0.25, 0.3) is 0 Å². The van der Waals surface area contributed by atoms with Gasteiger partial charge < -0.3 is 9.47 Å². The molecule has 7 heteroatoms. The molecule has 2 aromatic carbocycles. The van der Waals surface area contributed by atoms with Gasteiger partial charge in [-0.3, -0.25) is 4.79 Å². The van der Waals surface area contributed by atoms with E-state index in [4.69, 9.17) is 9.47 Å². The van der Waals surface area contributed by atoms with Crippen molar-refractivity contribution in [1.82, 2.24) is 4.72 Å². The number of carbonyl (C=O) groups excluding carboxylic acids is 1. The Morgan fingerprint density at radius 2 is 1.81 bits per heavy atom. The number of benzene rings is 2. The van der Waals surface area contributed by atoms with Crippen molar-refractivity contribution in [1.29, 1.82) is 0 Å². The Bertz CT molecular complexity index is 877. The summed E-state index contributed by atoms with van der Waals surface area (Å²) in [6.07, 6.45) is 0. The van der Waals surface area contributed by atoms with Gasteiger partial charge in [0.25, 0.3) is 0 Å². The second-order valence-corrected chi connectivity index (χ2v) is 7.54. The number of carbonyl (C=O) groups is 1. The molecule has 6 nitrogen and oxygen atoms in total. The zero-order chi connectivity index (χ0) is 19.2. The molecule has 0 fully saturated rings. The molecule has 0 heterocycles. The molecule has 0 aliphatic carbocycles. The van der Waals surface area contributed by atoms with Crippen LogP contribution in [0.3, 0.4) is 0 Å². The van der Waals surface area contributed by atoms with Crippen molar-refractivity contribution in [2.24, 2.45) is 0 Å². The van der Waals surface area contributed by atoms with Gasteiger partial charge in [0.05, 0.1) is 11.5 Å². The number of nitrogens with one attached hydrogen (secondary N) is 1. The van der Waals surface area contributed by atoms with Crippen LogP contribution in [-0.4, -0.2) is 27.5 Å². The van der Waals surface area contributed by atoms with Crippen LogP contribution in [-0.2, 0) is 26.2 Å². The maximum absolute atomic E-state index is 12.3. The first-order chi connectivity index (χ1) is 12.3. The summed E-state index contributed by atoms with van der Waals surface area (Å²) in [4.78, 5) is 12.0. The molecule has 0 saturated carbocycles. The van der Waals surface area contributed by atoms with Crippen molar-refractivity contribution in [2.75, 3.05) is 13.2 Å². The molecule has 140 valence electrons. The lowest BCUT2D eigenvalue weighted by molar-refractivity contribution is -0.143. The summed E-state index contributed by atoms with van der Waals surface area (Å²) < 4.78 is 37.4. The molecular formula is C19H23NO5S. The molecule has 0 bridgehead atoms. The molecular weight excluding hydrogens is 354 g/mol. The monoisotopic (exact) mass is 377 g/mol. The Kier molecular flexibility index (Phi) is 6.76. The molecule has 0 spiro atoms. The molecule has 26 heavy (non-hydrogen) atoms. The third kappa shape index (κ3) is 5.31. The van der Waals surface area contributed by atoms with Gasteiger partial charge in [0.1, 0.15) is 18.9 Å². The van der Waals surface area contributed by atoms with Crippen LogP contribution in [0, 0.1) is 13.8 Å². The number of rotatable bonds is 8. The van der Waals surface area contributed by atoms with E-state index in [1.807, 2.05) is 32.9 Å². The Morgan fingerprint density at radius 1 is 1.08 bits per heavy atom. The molecule has 0 unspecified atom stereocenters. The van der Waals surface area contributed by atoms with Crippen LogP contribution < -0.4 is 9.46 Å². The minimum Gasteiger partial charge on any atom is -0.493 e. The number of aryl methyl sites for hydroxylation is 2. The number of sulfonamides is 1. The van der Waals surface area contributed by atoms with Crippen molar-refractivity contribution in [3.63, 3.8) is 0 Å². The fourth-order valence-corrected chi connectivity index (χ4v) is 3.30. The van der Waals surface area contributed by atoms with Gasteiger partial charge in [-0.25, -0.2) is 8.42 Å². The Hall–Kier alpha value is -2.38. The van der Waals surface area contributed by atoms with Crippen LogP contribution in [0.5, 0.6) is 5.75 Å². The minimum absolute atomic E-state index is 0.0143. The van der Waals surface area contributed by atoms with Crippen molar-refractivity contribution < 1.29 is 22.7 Å². The zero-order valence-corrected chi connectivity index (χ0v) is 15.9. The number of hydrogen-bond acceptors (Lipinski definition) is 5. The number of para-hydroxylation sites is 1. The molecule has 0 aliphatic rings. The summed E-state index contributed by atoms with van der Waals surface area (Å²) in [5.74, 6) is -0.0257. The molecule has 0 amide bonds. The van der Waals surface area contributed by atoms with E-state index in [1.54, 1.807) is 24.3 Å². The highest BCUT2D eigenvalue weighted by molar-refractivity contribution is 7.89. The summed E-state index contributed by atoms with van der Waals surface area (Å²) in [7, 11) is -3.77. The standard InChI is InChI=1S/C19H23NO5S/c1-4-24-18-8-6-5-7-16(18)13-25-19(21)12-20-26(22,23)17-10-9-14(2)15(3)11-17/h5-11,20H,4,12-13H2,1-3H3. The van der Waals surface area contributed by atoms with Gasteiger partial charge in [-0.05, 0) is 50.1 Å². The second kappa shape index (κ2) is 8.82. The molecule has 0 aromatic heterocycles. The quantitative estimate of drug-likeness (QED) is 0.716. The zero-order valence-electron chi connectivity index (χ0n) is 15.1. The second-order valence-electron chi connectivity index (χ2n) is 5.77. The average molecular weight is 377 g/mol. The van der Waals surface area contributed by atoms with E-state index in [2.05, 4.69) is 4.72 Å². The van der Waals surface area contributed by atoms with E-state index < -0.39 is 22.5 Å². The van der Waals surface area contributed by atoms with Gasteiger partial charge in [-0.1, -0.05) is 24.3 Å². The fourth-order valence-electron chi connectivity index (χ4n) is 2.25. The Morgan fingerprint density at radius 3 is 2.50 bits per heavy atom. The summed E-state index contributed by atoms with van der Waals surface area (Å²) in [6, 6.07) is 12.0. The normalized spacial score (nSPS) is 11.2. The Balaban J connectivity index is 1.93. The van der Waals surface area contributed by atoms with E-state index in [9.17, 15) is 13.2 Å². The first-order valence-corrected chi connectivity index (χ1v) is 9.75. The molecule has 0 radical (unpaired) electrons. The van der Waals surface area contributed by atoms with Gasteiger partial charge in [0, 0.05) is 5.56 Å². The lowest BCUT2D eigenvalue weighted by atomic mass is 10.1. The molecule has 0 saturated heterocycles. The lowest BCUT2D eigenvalue weighted by Crippen LogP contribution is -2.30. The Labute approximate surface area is 154 Å². The summed E-state index contributed by atoms with van der Waals surface area (Å²) in [5, 5.41) is 0. The van der Waals surface area contributed by atoms with Crippen LogP contribution in [0.2, 0.25) is 0 Å². The highest BCUT2D eigenvalue weighted by Gasteiger charge is 2.17. The van der Waals surface area contributed by atoms with Crippen LogP contribution in [0.4, 0.5) is 0 Å². The third-order valence-electron chi connectivity index (χ3n) is 3.86. The van der Waals surface area contributed by atoms with E-state index in [-0.39, 0.29) is 11.5 Å². The average Bonchev–Trinajstić information content (AvgIpc) is 2.62. The van der Waals surface area contributed by atoms with E-state index in [0.717, 1.165) is 16.7 Å². The highest BCUT2D eigenvalue weighted by Crippen LogP contribution is 2.19. The topological polar surface area (TPSA) is 81.7 Å². The van der Waals surface area contributed by atoms with Gasteiger partial charge in [-0.2, -0.15) is 4.72 Å². The number of esters is 1. The van der Waals surface area contributed by atoms with Crippen LogP contribution in [0.1, 0.15) is 23.6 Å². The highest BCUT2D eigenvalue weighted by atomic mass is 32.2. The molecule has 1 N–H and O–H groups in total. The van der Waals surface area contributed by atoms with Gasteiger partial charge in [-0.15, -0.1) is 0 Å². The van der Waals surface area contributed by atoms with Gasteiger partial charge in [0.15, 0.2) is 0 Å². The van der Waals surface area contributed by atoms with Crippen molar-refractivity contribution in [2.45, 2.75) is 32.3 Å². The largest absolute Gasteiger partial charge is 0.493 e.